The number of rotatable bonds is 8. The molecule has 2 rings (SSSR count). The van der Waals surface area contributed by atoms with Crippen molar-refractivity contribution in [3.63, 3.8) is 0 Å². The molecule has 0 aliphatic rings. The van der Waals surface area contributed by atoms with Crippen LogP contribution in [0, 0.1) is 11.6 Å². The van der Waals surface area contributed by atoms with Gasteiger partial charge >= 0.3 is 11.9 Å². The Morgan fingerprint density at radius 1 is 0.778 bits per heavy atom. The minimum Gasteiger partial charge on any atom is -0.461 e. The van der Waals surface area contributed by atoms with E-state index in [1.165, 1.54) is 36.4 Å². The molecule has 0 spiro atoms. The number of esters is 2. The van der Waals surface area contributed by atoms with Gasteiger partial charge in [-0.2, -0.15) is 0 Å². The van der Waals surface area contributed by atoms with Gasteiger partial charge in [0.15, 0.2) is 0 Å². The fraction of sp³-hybridized carbons (Fsp3) is 0.263. The molecule has 0 bridgehead atoms. The largest absolute Gasteiger partial charge is 0.461 e. The summed E-state index contributed by atoms with van der Waals surface area (Å²) in [7, 11) is 0. The molecule has 0 atom stereocenters. The zero-order valence-corrected chi connectivity index (χ0v) is 17.3. The average molecular weight is 506 g/mol. The number of halogens is 4. The normalized spacial score (nSPS) is 10.5. The number of hydrogen-bond acceptors (Lipinski definition) is 4. The van der Waals surface area contributed by atoms with Crippen molar-refractivity contribution in [2.75, 3.05) is 0 Å². The van der Waals surface area contributed by atoms with E-state index in [-0.39, 0.29) is 32.5 Å². The minimum absolute atomic E-state index is 0.0334. The van der Waals surface area contributed by atoms with E-state index in [9.17, 15) is 18.4 Å². The molecule has 8 heteroatoms. The molecular formula is C19H16Br2F2O4. The molecule has 0 unspecified atom stereocenters. The Morgan fingerprint density at radius 2 is 1.19 bits per heavy atom. The molecule has 0 amide bonds. The van der Waals surface area contributed by atoms with Crippen LogP contribution in [0.5, 0.6) is 0 Å². The molecule has 0 radical (unpaired) electrons. The summed E-state index contributed by atoms with van der Waals surface area (Å²) in [4.78, 5) is 23.4. The summed E-state index contributed by atoms with van der Waals surface area (Å²) in [5.74, 6) is -1.83. The van der Waals surface area contributed by atoms with Gasteiger partial charge in [-0.3, -0.25) is 9.59 Å². The predicted octanol–water partition coefficient (Wildman–Crippen LogP) is 5.45. The number of benzene rings is 2. The van der Waals surface area contributed by atoms with E-state index < -0.39 is 23.6 Å². The van der Waals surface area contributed by atoms with E-state index in [0.717, 1.165) is 0 Å². The first kappa shape index (κ1) is 21.5. The standard InChI is InChI=1S/C19H16Br2F2O4/c20-16-6-4-14(22)8-12(16)10-26-18(24)2-1-3-19(25)27-11-13-9-15(23)5-7-17(13)21/h4-9H,1-3,10-11H2. The molecule has 0 aliphatic heterocycles. The van der Waals surface area contributed by atoms with E-state index in [0.29, 0.717) is 20.1 Å². The summed E-state index contributed by atoms with van der Waals surface area (Å²) in [5.41, 5.74) is 1.03. The Balaban J connectivity index is 1.67. The van der Waals surface area contributed by atoms with Crippen LogP contribution in [-0.2, 0) is 32.3 Å². The van der Waals surface area contributed by atoms with Gasteiger partial charge in [-0.05, 0) is 42.8 Å². The van der Waals surface area contributed by atoms with E-state index in [4.69, 9.17) is 9.47 Å². The van der Waals surface area contributed by atoms with Gasteiger partial charge < -0.3 is 9.47 Å². The van der Waals surface area contributed by atoms with Crippen LogP contribution < -0.4 is 0 Å². The Bertz CT molecular complexity index is 760. The lowest BCUT2D eigenvalue weighted by Crippen LogP contribution is -2.08. The number of carbonyl (C=O) groups excluding carboxylic acids is 2. The zero-order valence-electron chi connectivity index (χ0n) is 14.1. The van der Waals surface area contributed by atoms with Crippen molar-refractivity contribution in [2.24, 2.45) is 0 Å². The molecule has 0 saturated carbocycles. The van der Waals surface area contributed by atoms with Gasteiger partial charge in [0, 0.05) is 32.9 Å². The maximum absolute atomic E-state index is 13.2. The molecule has 0 saturated heterocycles. The quantitative estimate of drug-likeness (QED) is 0.448. The molecule has 2 aromatic carbocycles. The smallest absolute Gasteiger partial charge is 0.306 e. The fourth-order valence-electron chi connectivity index (χ4n) is 2.15. The second-order valence-electron chi connectivity index (χ2n) is 5.65. The van der Waals surface area contributed by atoms with Gasteiger partial charge in [-0.15, -0.1) is 0 Å². The van der Waals surface area contributed by atoms with Gasteiger partial charge in [-0.25, -0.2) is 8.78 Å². The van der Waals surface area contributed by atoms with E-state index >= 15 is 0 Å². The first-order valence-electron chi connectivity index (χ1n) is 8.04. The second kappa shape index (κ2) is 10.5. The molecule has 0 N–H and O–H groups in total. The van der Waals surface area contributed by atoms with Gasteiger partial charge in [-0.1, -0.05) is 31.9 Å². The molecule has 0 heterocycles. The summed E-state index contributed by atoms with van der Waals surface area (Å²) in [5, 5.41) is 0. The van der Waals surface area contributed by atoms with Crippen molar-refractivity contribution in [3.05, 3.63) is 68.1 Å². The first-order chi connectivity index (χ1) is 12.8. The maximum atomic E-state index is 13.2. The third kappa shape index (κ3) is 7.38. The van der Waals surface area contributed by atoms with Crippen LogP contribution in [0.2, 0.25) is 0 Å². The summed E-state index contributed by atoms with van der Waals surface area (Å²) in [6.45, 7) is -0.121. The lowest BCUT2D eigenvalue weighted by molar-refractivity contribution is -0.146. The Kier molecular flexibility index (Phi) is 8.37. The summed E-state index contributed by atoms with van der Waals surface area (Å²) in [6.07, 6.45) is 0.323. The maximum Gasteiger partial charge on any atom is 0.306 e. The van der Waals surface area contributed by atoms with Crippen LogP contribution in [-0.4, -0.2) is 11.9 Å². The van der Waals surface area contributed by atoms with Crippen molar-refractivity contribution in [3.8, 4) is 0 Å². The fourth-order valence-corrected chi connectivity index (χ4v) is 2.87. The molecule has 4 nitrogen and oxygen atoms in total. The van der Waals surface area contributed by atoms with Crippen molar-refractivity contribution >= 4 is 43.8 Å². The molecule has 0 aliphatic carbocycles. The van der Waals surface area contributed by atoms with Crippen LogP contribution in [0.4, 0.5) is 8.78 Å². The zero-order chi connectivity index (χ0) is 19.8. The molecule has 2 aromatic rings. The third-order valence-corrected chi connectivity index (χ3v) is 5.10. The number of hydrogen-bond donors (Lipinski definition) is 0. The molecule has 0 aromatic heterocycles. The summed E-state index contributed by atoms with van der Waals surface area (Å²) >= 11 is 6.50. The monoisotopic (exact) mass is 504 g/mol. The van der Waals surface area contributed by atoms with Crippen molar-refractivity contribution in [2.45, 2.75) is 32.5 Å². The second-order valence-corrected chi connectivity index (χ2v) is 7.36. The highest BCUT2D eigenvalue weighted by Gasteiger charge is 2.10. The van der Waals surface area contributed by atoms with Crippen LogP contribution in [0.3, 0.4) is 0 Å². The molecule has 0 fully saturated rings. The van der Waals surface area contributed by atoms with Crippen molar-refractivity contribution in [1.29, 1.82) is 0 Å². The number of ether oxygens (including phenoxy) is 2. The lowest BCUT2D eigenvalue weighted by Gasteiger charge is -2.08. The van der Waals surface area contributed by atoms with Crippen LogP contribution in [0.1, 0.15) is 30.4 Å². The highest BCUT2D eigenvalue weighted by Crippen LogP contribution is 2.20. The Labute approximate surface area is 172 Å². The van der Waals surface area contributed by atoms with Gasteiger partial charge in [0.1, 0.15) is 24.8 Å². The Morgan fingerprint density at radius 3 is 1.59 bits per heavy atom. The first-order valence-corrected chi connectivity index (χ1v) is 9.63. The molecular weight excluding hydrogens is 490 g/mol. The van der Waals surface area contributed by atoms with Crippen molar-refractivity contribution < 1.29 is 27.8 Å². The predicted molar refractivity (Wildman–Crippen MR) is 102 cm³/mol. The van der Waals surface area contributed by atoms with E-state index in [1.807, 2.05) is 0 Å². The van der Waals surface area contributed by atoms with Crippen LogP contribution >= 0.6 is 31.9 Å². The summed E-state index contributed by atoms with van der Waals surface area (Å²) in [6, 6.07) is 8.21. The average Bonchev–Trinajstić information content (AvgIpc) is 2.63. The van der Waals surface area contributed by atoms with Gasteiger partial charge in [0.25, 0.3) is 0 Å². The van der Waals surface area contributed by atoms with Crippen molar-refractivity contribution in [1.82, 2.24) is 0 Å². The topological polar surface area (TPSA) is 52.6 Å². The Hall–Kier alpha value is -1.80. The minimum atomic E-state index is -0.494. The number of carbonyl (C=O) groups is 2. The SMILES string of the molecule is O=C(CCCC(=O)OCc1cc(F)ccc1Br)OCc1cc(F)ccc1Br. The van der Waals surface area contributed by atoms with Gasteiger partial charge in [0.05, 0.1) is 0 Å². The van der Waals surface area contributed by atoms with Crippen LogP contribution in [0.25, 0.3) is 0 Å². The molecule has 27 heavy (non-hydrogen) atoms. The lowest BCUT2D eigenvalue weighted by atomic mass is 10.2. The third-order valence-electron chi connectivity index (χ3n) is 3.55. The molecule has 144 valence electrons. The van der Waals surface area contributed by atoms with Crippen LogP contribution in [0.15, 0.2) is 45.3 Å². The highest BCUT2D eigenvalue weighted by molar-refractivity contribution is 9.10. The summed E-state index contributed by atoms with van der Waals surface area (Å²) < 4.78 is 37.8. The van der Waals surface area contributed by atoms with E-state index in [1.54, 1.807) is 0 Å². The van der Waals surface area contributed by atoms with E-state index in [2.05, 4.69) is 31.9 Å². The highest BCUT2D eigenvalue weighted by atomic mass is 79.9. The van der Waals surface area contributed by atoms with Gasteiger partial charge in [0.2, 0.25) is 0 Å².